The molecule has 0 radical (unpaired) electrons. The molecule has 9 heteroatoms. The van der Waals surface area contributed by atoms with E-state index >= 15 is 0 Å². The predicted octanol–water partition coefficient (Wildman–Crippen LogP) is 4.44. The standard InChI is InChI=1S/C22H17F2N3O2S2/c1-13-10-16(24)6-7-18(13)27-21(29)20-17(8-9-30-20)26-22(27)31-12-19(28)25-11-14-2-4-15(23)5-3-14/h2-10H,11-12H2,1H3,(H,25,28). The van der Waals surface area contributed by atoms with Gasteiger partial charge in [-0.25, -0.2) is 13.8 Å². The topological polar surface area (TPSA) is 64.0 Å². The number of aromatic nitrogens is 2. The monoisotopic (exact) mass is 457 g/mol. The van der Waals surface area contributed by atoms with Crippen LogP contribution in [0.2, 0.25) is 0 Å². The molecule has 1 N–H and O–H groups in total. The summed E-state index contributed by atoms with van der Waals surface area (Å²) in [5.74, 6) is -0.955. The van der Waals surface area contributed by atoms with Crippen LogP contribution in [-0.4, -0.2) is 21.2 Å². The molecule has 0 spiro atoms. The first-order valence-electron chi connectivity index (χ1n) is 9.33. The van der Waals surface area contributed by atoms with Gasteiger partial charge in [0.05, 0.1) is 17.0 Å². The second kappa shape index (κ2) is 8.99. The van der Waals surface area contributed by atoms with Crippen molar-refractivity contribution in [3.63, 3.8) is 0 Å². The fourth-order valence-corrected chi connectivity index (χ4v) is 4.65. The average Bonchev–Trinajstić information content (AvgIpc) is 3.22. The first-order valence-corrected chi connectivity index (χ1v) is 11.2. The number of nitrogens with one attached hydrogen (secondary N) is 1. The van der Waals surface area contributed by atoms with Crippen molar-refractivity contribution in [1.29, 1.82) is 0 Å². The van der Waals surface area contributed by atoms with Gasteiger partial charge in [0.25, 0.3) is 5.56 Å². The lowest BCUT2D eigenvalue weighted by Gasteiger charge is -2.14. The molecule has 0 saturated heterocycles. The number of rotatable bonds is 6. The minimum absolute atomic E-state index is 0.0313. The Morgan fingerprint density at radius 1 is 1.13 bits per heavy atom. The lowest BCUT2D eigenvalue weighted by Crippen LogP contribution is -2.26. The highest BCUT2D eigenvalue weighted by Crippen LogP contribution is 2.25. The molecule has 0 saturated carbocycles. The van der Waals surface area contributed by atoms with Crippen LogP contribution >= 0.6 is 23.1 Å². The second-order valence-electron chi connectivity index (χ2n) is 6.79. The minimum atomic E-state index is -0.395. The number of hydrogen-bond acceptors (Lipinski definition) is 5. The van der Waals surface area contributed by atoms with Crippen LogP contribution in [0.15, 0.2) is 63.9 Å². The van der Waals surface area contributed by atoms with Gasteiger partial charge in [-0.3, -0.25) is 14.2 Å². The summed E-state index contributed by atoms with van der Waals surface area (Å²) in [7, 11) is 0. The highest BCUT2D eigenvalue weighted by molar-refractivity contribution is 7.99. The average molecular weight is 458 g/mol. The molecule has 0 aliphatic carbocycles. The van der Waals surface area contributed by atoms with Crippen LogP contribution in [-0.2, 0) is 11.3 Å². The van der Waals surface area contributed by atoms with Crippen LogP contribution in [0, 0.1) is 18.6 Å². The number of thiophene rings is 1. The maximum Gasteiger partial charge on any atom is 0.276 e. The number of carbonyl (C=O) groups excluding carboxylic acids is 1. The van der Waals surface area contributed by atoms with Crippen LogP contribution in [0.25, 0.3) is 15.9 Å². The molecule has 0 unspecified atom stereocenters. The summed E-state index contributed by atoms with van der Waals surface area (Å²) >= 11 is 2.41. The smallest absolute Gasteiger partial charge is 0.276 e. The Hall–Kier alpha value is -3.04. The number of amides is 1. The molecule has 4 aromatic rings. The molecule has 158 valence electrons. The van der Waals surface area contributed by atoms with Gasteiger partial charge in [0.1, 0.15) is 16.3 Å². The predicted molar refractivity (Wildman–Crippen MR) is 119 cm³/mol. The lowest BCUT2D eigenvalue weighted by atomic mass is 10.2. The number of carbonyl (C=O) groups is 1. The van der Waals surface area contributed by atoms with Gasteiger partial charge < -0.3 is 5.32 Å². The SMILES string of the molecule is Cc1cc(F)ccc1-n1c(SCC(=O)NCc2ccc(F)cc2)nc2ccsc2c1=O. The maximum atomic E-state index is 13.6. The molecule has 2 aromatic heterocycles. The highest BCUT2D eigenvalue weighted by Gasteiger charge is 2.17. The third-order valence-corrected chi connectivity index (χ3v) is 6.41. The van der Waals surface area contributed by atoms with E-state index in [1.807, 2.05) is 0 Å². The molecule has 2 heterocycles. The summed E-state index contributed by atoms with van der Waals surface area (Å²) in [6, 6.07) is 11.8. The van der Waals surface area contributed by atoms with Crippen molar-refractivity contribution >= 4 is 39.2 Å². The van der Waals surface area contributed by atoms with E-state index in [1.165, 1.54) is 46.2 Å². The third kappa shape index (κ3) is 4.67. The van der Waals surface area contributed by atoms with Crippen molar-refractivity contribution in [2.75, 3.05) is 5.75 Å². The summed E-state index contributed by atoms with van der Waals surface area (Å²) in [6.07, 6.45) is 0. The summed E-state index contributed by atoms with van der Waals surface area (Å²) in [5.41, 5.74) is 2.17. The third-order valence-electron chi connectivity index (χ3n) is 4.58. The quantitative estimate of drug-likeness (QED) is 0.343. The molecule has 4 rings (SSSR count). The van der Waals surface area contributed by atoms with E-state index in [4.69, 9.17) is 0 Å². The van der Waals surface area contributed by atoms with E-state index in [2.05, 4.69) is 10.3 Å². The van der Waals surface area contributed by atoms with E-state index in [0.717, 1.165) is 17.3 Å². The van der Waals surface area contributed by atoms with Gasteiger partial charge in [0.2, 0.25) is 5.91 Å². The molecule has 1 amide bonds. The lowest BCUT2D eigenvalue weighted by molar-refractivity contribution is -0.118. The number of nitrogens with zero attached hydrogens (tertiary/aromatic N) is 2. The van der Waals surface area contributed by atoms with E-state index in [-0.39, 0.29) is 29.6 Å². The van der Waals surface area contributed by atoms with Gasteiger partial charge in [0, 0.05) is 6.54 Å². The largest absolute Gasteiger partial charge is 0.351 e. The van der Waals surface area contributed by atoms with Crippen LogP contribution in [0.4, 0.5) is 8.78 Å². The number of halogens is 2. The van der Waals surface area contributed by atoms with Crippen LogP contribution in [0.1, 0.15) is 11.1 Å². The maximum absolute atomic E-state index is 13.6. The number of fused-ring (bicyclic) bond motifs is 1. The number of thioether (sulfide) groups is 1. The molecule has 31 heavy (non-hydrogen) atoms. The van der Waals surface area contributed by atoms with Gasteiger partial charge >= 0.3 is 0 Å². The van der Waals surface area contributed by atoms with Gasteiger partial charge in [-0.2, -0.15) is 0 Å². The molecule has 0 aliphatic heterocycles. The summed E-state index contributed by atoms with van der Waals surface area (Å²) in [4.78, 5) is 30.0. The zero-order valence-electron chi connectivity index (χ0n) is 16.4. The van der Waals surface area contributed by atoms with Crippen molar-refractivity contribution in [1.82, 2.24) is 14.9 Å². The van der Waals surface area contributed by atoms with Gasteiger partial charge in [-0.1, -0.05) is 23.9 Å². The van der Waals surface area contributed by atoms with Crippen LogP contribution in [0.5, 0.6) is 0 Å². The number of hydrogen-bond donors (Lipinski definition) is 1. The molecular formula is C22H17F2N3O2S2. The summed E-state index contributed by atoms with van der Waals surface area (Å²) < 4.78 is 28.5. The Balaban J connectivity index is 1.58. The zero-order chi connectivity index (χ0) is 22.0. The Bertz CT molecular complexity index is 1320. The molecular weight excluding hydrogens is 440 g/mol. The van der Waals surface area contributed by atoms with E-state index in [0.29, 0.717) is 26.6 Å². The van der Waals surface area contributed by atoms with Crippen LogP contribution < -0.4 is 10.9 Å². The van der Waals surface area contributed by atoms with Gasteiger partial charge in [-0.05, 0) is 59.8 Å². The Kier molecular flexibility index (Phi) is 6.15. The van der Waals surface area contributed by atoms with Crippen molar-refractivity contribution in [2.24, 2.45) is 0 Å². The second-order valence-corrected chi connectivity index (χ2v) is 8.65. The first kappa shape index (κ1) is 21.2. The molecule has 0 bridgehead atoms. The molecule has 0 aliphatic rings. The van der Waals surface area contributed by atoms with Gasteiger partial charge in [0.15, 0.2) is 5.16 Å². The molecule has 0 atom stereocenters. The Morgan fingerprint density at radius 3 is 2.61 bits per heavy atom. The fourth-order valence-electron chi connectivity index (χ4n) is 3.06. The van der Waals surface area contributed by atoms with Crippen molar-refractivity contribution in [3.8, 4) is 5.69 Å². The Labute approximate surface area is 184 Å². The summed E-state index contributed by atoms with van der Waals surface area (Å²) in [5, 5.41) is 4.90. The van der Waals surface area contributed by atoms with Gasteiger partial charge in [-0.15, -0.1) is 11.3 Å². The zero-order valence-corrected chi connectivity index (χ0v) is 18.0. The van der Waals surface area contributed by atoms with E-state index in [9.17, 15) is 18.4 Å². The normalized spacial score (nSPS) is 11.1. The summed E-state index contributed by atoms with van der Waals surface area (Å²) in [6.45, 7) is 1.98. The van der Waals surface area contributed by atoms with Crippen LogP contribution in [0.3, 0.4) is 0 Å². The van der Waals surface area contributed by atoms with Crippen molar-refractivity contribution in [2.45, 2.75) is 18.6 Å². The van der Waals surface area contributed by atoms with Crippen molar-refractivity contribution < 1.29 is 13.6 Å². The highest BCUT2D eigenvalue weighted by atomic mass is 32.2. The molecule has 2 aromatic carbocycles. The molecule has 5 nitrogen and oxygen atoms in total. The van der Waals surface area contributed by atoms with E-state index in [1.54, 1.807) is 30.5 Å². The van der Waals surface area contributed by atoms with Crippen molar-refractivity contribution in [3.05, 3.63) is 87.0 Å². The number of aryl methyl sites for hydroxylation is 1. The minimum Gasteiger partial charge on any atom is -0.351 e. The Morgan fingerprint density at radius 2 is 1.87 bits per heavy atom. The number of benzene rings is 2. The fraction of sp³-hybridized carbons (Fsp3) is 0.136. The molecule has 0 fully saturated rings. The first-order chi connectivity index (χ1) is 14.9. The van der Waals surface area contributed by atoms with E-state index < -0.39 is 5.82 Å².